The smallest absolute Gasteiger partial charge is 0.220 e. The van der Waals surface area contributed by atoms with Crippen LogP contribution in [-0.2, 0) is 4.79 Å². The van der Waals surface area contributed by atoms with Crippen molar-refractivity contribution in [1.82, 2.24) is 5.32 Å². The molecule has 0 saturated heterocycles. The summed E-state index contributed by atoms with van der Waals surface area (Å²) in [6.45, 7) is 4.30. The second-order valence-corrected chi connectivity index (χ2v) is 12.3. The molecule has 4 heteroatoms. The zero-order valence-electron chi connectivity index (χ0n) is 27.1. The molecule has 0 aromatic rings. The number of unbranched alkanes of at least 4 members (excludes halogenated alkanes) is 25. The van der Waals surface area contributed by atoms with Gasteiger partial charge in [-0.15, -0.1) is 0 Å². The summed E-state index contributed by atoms with van der Waals surface area (Å²) in [6, 6.07) is -0.614. The minimum atomic E-state index is -0.831. The lowest BCUT2D eigenvalue weighted by atomic mass is 10.0. The third-order valence-corrected chi connectivity index (χ3v) is 8.27. The highest BCUT2D eigenvalue weighted by atomic mass is 16.3. The van der Waals surface area contributed by atoms with Gasteiger partial charge in [0.1, 0.15) is 0 Å². The zero-order valence-corrected chi connectivity index (χ0v) is 27.1. The Bertz CT molecular complexity index is 536. The van der Waals surface area contributed by atoms with E-state index in [1.807, 2.05) is 6.08 Å². The standard InChI is InChI=1S/C36H71NO3/c1-3-5-7-9-11-13-15-17-18-20-22-24-26-28-30-32-36(40)37-34(33-38)35(39)31-29-27-25-23-21-19-16-14-12-10-8-6-4-2/h29,31,34-35,38-39H,3-28,30,32-33H2,1-2H3,(H,37,40)/b31-29+/t34-,35+/m0/s1. The zero-order chi connectivity index (χ0) is 29.4. The number of aliphatic hydroxyl groups is 2. The fraction of sp³-hybridized carbons (Fsp3) is 0.917. The first kappa shape index (κ1) is 39.1. The van der Waals surface area contributed by atoms with Crippen LogP contribution in [0.15, 0.2) is 12.2 Å². The Kier molecular flexibility index (Phi) is 31.9. The van der Waals surface area contributed by atoms with Crippen LogP contribution in [0, 0.1) is 0 Å². The van der Waals surface area contributed by atoms with Crippen molar-refractivity contribution in [2.24, 2.45) is 0 Å². The molecule has 0 bridgehead atoms. The normalized spacial score (nSPS) is 13.2. The molecule has 0 aromatic heterocycles. The molecule has 0 aromatic carbocycles. The van der Waals surface area contributed by atoms with Crippen LogP contribution in [0.2, 0.25) is 0 Å². The van der Waals surface area contributed by atoms with Gasteiger partial charge in [-0.2, -0.15) is 0 Å². The molecule has 0 fully saturated rings. The molecule has 0 aliphatic rings. The van der Waals surface area contributed by atoms with E-state index in [1.165, 1.54) is 148 Å². The number of allylic oxidation sites excluding steroid dienone is 1. The Morgan fingerprint density at radius 1 is 0.575 bits per heavy atom. The van der Waals surface area contributed by atoms with Gasteiger partial charge in [0.05, 0.1) is 18.8 Å². The lowest BCUT2D eigenvalue weighted by molar-refractivity contribution is -0.123. The topological polar surface area (TPSA) is 69.6 Å². The van der Waals surface area contributed by atoms with Gasteiger partial charge in [0.15, 0.2) is 0 Å². The molecule has 0 spiro atoms. The quantitative estimate of drug-likeness (QED) is 0.0561. The van der Waals surface area contributed by atoms with Crippen LogP contribution < -0.4 is 5.32 Å². The van der Waals surface area contributed by atoms with Gasteiger partial charge < -0.3 is 15.5 Å². The maximum Gasteiger partial charge on any atom is 0.220 e. The molecule has 0 heterocycles. The van der Waals surface area contributed by atoms with E-state index in [0.29, 0.717) is 6.42 Å². The van der Waals surface area contributed by atoms with Crippen molar-refractivity contribution in [3.63, 3.8) is 0 Å². The Labute approximate surface area is 250 Å². The molecular formula is C36H71NO3. The molecule has 2 atom stereocenters. The summed E-state index contributed by atoms with van der Waals surface area (Å²) in [5, 5.41) is 22.8. The SMILES string of the molecule is CCCCCCCCCCCCC/C=C/[C@@H](O)[C@H](CO)NC(=O)CCCCCCCCCCCCCCCCC. The largest absolute Gasteiger partial charge is 0.394 e. The molecule has 0 radical (unpaired) electrons. The first-order valence-corrected chi connectivity index (χ1v) is 17.9. The van der Waals surface area contributed by atoms with Gasteiger partial charge >= 0.3 is 0 Å². The number of rotatable bonds is 32. The molecule has 3 N–H and O–H groups in total. The molecule has 0 rings (SSSR count). The van der Waals surface area contributed by atoms with Gasteiger partial charge in [-0.25, -0.2) is 0 Å². The molecule has 4 nitrogen and oxygen atoms in total. The van der Waals surface area contributed by atoms with E-state index in [1.54, 1.807) is 6.08 Å². The minimum Gasteiger partial charge on any atom is -0.394 e. The number of hydrogen-bond donors (Lipinski definition) is 3. The van der Waals surface area contributed by atoms with Crippen LogP contribution in [-0.4, -0.2) is 34.9 Å². The highest BCUT2D eigenvalue weighted by molar-refractivity contribution is 5.76. The first-order chi connectivity index (χ1) is 19.7. The highest BCUT2D eigenvalue weighted by Gasteiger charge is 2.17. The monoisotopic (exact) mass is 566 g/mol. The van der Waals surface area contributed by atoms with Crippen molar-refractivity contribution in [3.8, 4) is 0 Å². The summed E-state index contributed by atoms with van der Waals surface area (Å²) in [5.41, 5.74) is 0. The summed E-state index contributed by atoms with van der Waals surface area (Å²) in [6.07, 6.45) is 38.6. The maximum atomic E-state index is 12.3. The Morgan fingerprint density at radius 2 is 0.925 bits per heavy atom. The summed E-state index contributed by atoms with van der Waals surface area (Å²) in [7, 11) is 0. The van der Waals surface area contributed by atoms with Crippen molar-refractivity contribution in [2.45, 2.75) is 206 Å². The molecule has 238 valence electrons. The second-order valence-electron chi connectivity index (χ2n) is 12.3. The van der Waals surface area contributed by atoms with E-state index in [0.717, 1.165) is 25.7 Å². The minimum absolute atomic E-state index is 0.0634. The highest BCUT2D eigenvalue weighted by Crippen LogP contribution is 2.14. The summed E-state index contributed by atoms with van der Waals surface area (Å²) < 4.78 is 0. The Morgan fingerprint density at radius 3 is 1.30 bits per heavy atom. The van der Waals surface area contributed by atoms with E-state index in [2.05, 4.69) is 19.2 Å². The van der Waals surface area contributed by atoms with Crippen molar-refractivity contribution < 1.29 is 15.0 Å². The van der Waals surface area contributed by atoms with Crippen LogP contribution in [0.3, 0.4) is 0 Å². The number of hydrogen-bond acceptors (Lipinski definition) is 3. The fourth-order valence-electron chi connectivity index (χ4n) is 5.47. The van der Waals surface area contributed by atoms with E-state index >= 15 is 0 Å². The van der Waals surface area contributed by atoms with Crippen molar-refractivity contribution in [1.29, 1.82) is 0 Å². The van der Waals surface area contributed by atoms with Crippen LogP contribution in [0.1, 0.15) is 194 Å². The third kappa shape index (κ3) is 28.7. The molecule has 0 aliphatic carbocycles. The van der Waals surface area contributed by atoms with Crippen molar-refractivity contribution >= 4 is 5.91 Å². The number of carbonyl (C=O) groups is 1. The van der Waals surface area contributed by atoms with Gasteiger partial charge in [0.25, 0.3) is 0 Å². The molecule has 40 heavy (non-hydrogen) atoms. The summed E-state index contributed by atoms with van der Waals surface area (Å²) in [4.78, 5) is 12.3. The fourth-order valence-corrected chi connectivity index (χ4v) is 5.47. The maximum absolute atomic E-state index is 12.3. The van der Waals surface area contributed by atoms with E-state index in [9.17, 15) is 15.0 Å². The van der Waals surface area contributed by atoms with E-state index in [4.69, 9.17) is 0 Å². The molecule has 0 aliphatic heterocycles. The van der Waals surface area contributed by atoms with E-state index in [-0.39, 0.29) is 12.5 Å². The molecule has 1 amide bonds. The Hall–Kier alpha value is -0.870. The van der Waals surface area contributed by atoms with Gasteiger partial charge in [0.2, 0.25) is 5.91 Å². The first-order valence-electron chi connectivity index (χ1n) is 17.9. The van der Waals surface area contributed by atoms with Crippen LogP contribution in [0.25, 0.3) is 0 Å². The van der Waals surface area contributed by atoms with Crippen molar-refractivity contribution in [3.05, 3.63) is 12.2 Å². The third-order valence-electron chi connectivity index (χ3n) is 8.27. The van der Waals surface area contributed by atoms with E-state index < -0.39 is 12.1 Å². The lowest BCUT2D eigenvalue weighted by Crippen LogP contribution is -2.45. The second kappa shape index (κ2) is 32.6. The summed E-state index contributed by atoms with van der Waals surface area (Å²) >= 11 is 0. The molecule has 0 unspecified atom stereocenters. The van der Waals surface area contributed by atoms with Gasteiger partial charge in [-0.3, -0.25) is 4.79 Å². The average molecular weight is 566 g/mol. The summed E-state index contributed by atoms with van der Waals surface area (Å²) in [5.74, 6) is -0.0634. The number of nitrogens with one attached hydrogen (secondary N) is 1. The van der Waals surface area contributed by atoms with Crippen LogP contribution in [0.5, 0.6) is 0 Å². The van der Waals surface area contributed by atoms with Gasteiger partial charge in [-0.05, 0) is 19.3 Å². The van der Waals surface area contributed by atoms with Crippen LogP contribution in [0.4, 0.5) is 0 Å². The number of carbonyl (C=O) groups excluding carboxylic acids is 1. The number of aliphatic hydroxyl groups excluding tert-OH is 2. The molecule has 0 saturated carbocycles. The van der Waals surface area contributed by atoms with Gasteiger partial charge in [0, 0.05) is 6.42 Å². The average Bonchev–Trinajstić information content (AvgIpc) is 2.96. The van der Waals surface area contributed by atoms with Gasteiger partial charge in [-0.1, -0.05) is 180 Å². The molecular weight excluding hydrogens is 494 g/mol. The predicted octanol–water partition coefficient (Wildman–Crippen LogP) is 10.3. The Balaban J connectivity index is 3.60. The van der Waals surface area contributed by atoms with Crippen molar-refractivity contribution in [2.75, 3.05) is 6.61 Å². The predicted molar refractivity (Wildman–Crippen MR) is 175 cm³/mol. The lowest BCUT2D eigenvalue weighted by Gasteiger charge is -2.20. The van der Waals surface area contributed by atoms with Crippen LogP contribution >= 0.6 is 0 Å². The number of amides is 1.